The average molecular weight is 422 g/mol. The van der Waals surface area contributed by atoms with Crippen LogP contribution in [-0.4, -0.2) is 16.1 Å². The zero-order chi connectivity index (χ0) is 21.3. The van der Waals surface area contributed by atoms with Crippen molar-refractivity contribution in [2.45, 2.75) is 39.2 Å². The van der Waals surface area contributed by atoms with Gasteiger partial charge in [0, 0.05) is 21.9 Å². The molecule has 0 radical (unpaired) electrons. The SMILES string of the molecule is CC(C)(C)c1csc(-c2cc3coccc-3c2OCc2ccccc2CC(=O)O)n1. The minimum Gasteiger partial charge on any atom is -0.487 e. The van der Waals surface area contributed by atoms with Gasteiger partial charge in [-0.25, -0.2) is 4.98 Å². The Bertz CT molecular complexity index is 1150. The Morgan fingerprint density at radius 3 is 2.63 bits per heavy atom. The van der Waals surface area contributed by atoms with Gasteiger partial charge < -0.3 is 14.3 Å². The lowest BCUT2D eigenvalue weighted by molar-refractivity contribution is -0.136. The van der Waals surface area contributed by atoms with Crippen LogP contribution in [0, 0.1) is 0 Å². The maximum atomic E-state index is 11.2. The summed E-state index contributed by atoms with van der Waals surface area (Å²) in [6.45, 7) is 6.70. The van der Waals surface area contributed by atoms with Crippen LogP contribution in [0.25, 0.3) is 21.7 Å². The Balaban J connectivity index is 1.71. The van der Waals surface area contributed by atoms with Crippen LogP contribution >= 0.6 is 11.3 Å². The summed E-state index contributed by atoms with van der Waals surface area (Å²) >= 11 is 1.59. The molecule has 0 amide bonds. The fraction of sp³-hybridized carbons (Fsp3) is 0.250. The predicted octanol–water partition coefficient (Wildman–Crippen LogP) is 6.01. The first-order chi connectivity index (χ1) is 14.3. The highest BCUT2D eigenvalue weighted by atomic mass is 32.1. The van der Waals surface area contributed by atoms with Crippen LogP contribution in [0.3, 0.4) is 0 Å². The number of carboxylic acids is 1. The van der Waals surface area contributed by atoms with Crippen LogP contribution in [0.4, 0.5) is 0 Å². The molecule has 1 aliphatic carbocycles. The van der Waals surface area contributed by atoms with E-state index in [0.717, 1.165) is 44.3 Å². The summed E-state index contributed by atoms with van der Waals surface area (Å²) in [5, 5.41) is 12.2. The largest absolute Gasteiger partial charge is 0.487 e. The summed E-state index contributed by atoms with van der Waals surface area (Å²) in [6.07, 6.45) is 3.29. The normalized spacial score (nSPS) is 11.7. The first kappa shape index (κ1) is 20.2. The third-order valence-corrected chi connectivity index (χ3v) is 5.82. The summed E-state index contributed by atoms with van der Waals surface area (Å²) < 4.78 is 11.6. The molecule has 5 nitrogen and oxygen atoms in total. The van der Waals surface area contributed by atoms with Gasteiger partial charge in [0.1, 0.15) is 17.4 Å². The van der Waals surface area contributed by atoms with E-state index in [2.05, 4.69) is 26.2 Å². The highest BCUT2D eigenvalue weighted by molar-refractivity contribution is 7.13. The van der Waals surface area contributed by atoms with E-state index in [1.165, 1.54) is 0 Å². The van der Waals surface area contributed by atoms with E-state index in [4.69, 9.17) is 14.1 Å². The van der Waals surface area contributed by atoms with Gasteiger partial charge in [-0.15, -0.1) is 11.3 Å². The molecule has 0 fully saturated rings. The van der Waals surface area contributed by atoms with Crippen LogP contribution in [0.5, 0.6) is 5.75 Å². The number of ether oxygens (including phenoxy) is 1. The van der Waals surface area contributed by atoms with Gasteiger partial charge in [-0.2, -0.15) is 0 Å². The highest BCUT2D eigenvalue weighted by Crippen LogP contribution is 2.45. The third kappa shape index (κ3) is 4.09. The third-order valence-electron chi connectivity index (χ3n) is 4.94. The number of hydrogen-bond acceptors (Lipinski definition) is 5. The highest BCUT2D eigenvalue weighted by Gasteiger charge is 2.24. The van der Waals surface area contributed by atoms with Crippen LogP contribution in [-0.2, 0) is 23.2 Å². The van der Waals surface area contributed by atoms with Crippen molar-refractivity contribution in [2.75, 3.05) is 0 Å². The summed E-state index contributed by atoms with van der Waals surface area (Å²) in [5.74, 6) is -0.123. The maximum Gasteiger partial charge on any atom is 0.307 e. The molecule has 1 aromatic heterocycles. The van der Waals surface area contributed by atoms with E-state index in [0.29, 0.717) is 0 Å². The van der Waals surface area contributed by atoms with E-state index >= 15 is 0 Å². The predicted molar refractivity (Wildman–Crippen MR) is 117 cm³/mol. The zero-order valence-electron chi connectivity index (χ0n) is 17.1. The number of thiazole rings is 1. The number of benzene rings is 1. The number of hydrogen-bond donors (Lipinski definition) is 1. The minimum atomic E-state index is -0.860. The molecular weight excluding hydrogens is 398 g/mol. The zero-order valence-corrected chi connectivity index (χ0v) is 18.0. The first-order valence-corrected chi connectivity index (χ1v) is 10.6. The van der Waals surface area contributed by atoms with Gasteiger partial charge >= 0.3 is 5.97 Å². The molecule has 2 aromatic rings. The molecule has 0 atom stereocenters. The van der Waals surface area contributed by atoms with Gasteiger partial charge in [-0.05, 0) is 23.3 Å². The topological polar surface area (TPSA) is 72.6 Å². The maximum absolute atomic E-state index is 11.2. The summed E-state index contributed by atoms with van der Waals surface area (Å²) in [7, 11) is 0. The number of carboxylic acid groups (broad SMARTS) is 1. The summed E-state index contributed by atoms with van der Waals surface area (Å²) in [4.78, 5) is 16.0. The van der Waals surface area contributed by atoms with Crippen molar-refractivity contribution in [3.8, 4) is 27.4 Å². The van der Waals surface area contributed by atoms with Gasteiger partial charge in [-0.1, -0.05) is 45.0 Å². The van der Waals surface area contributed by atoms with Crippen molar-refractivity contribution >= 4 is 17.3 Å². The van der Waals surface area contributed by atoms with Gasteiger partial charge in [0.25, 0.3) is 0 Å². The number of rotatable bonds is 6. The standard InChI is InChI=1S/C24H23NO4S/c1-24(2,3)20-14-30-23(25-20)19-10-17-12-28-9-8-18(17)22(19)29-13-16-7-5-4-6-15(16)11-21(26)27/h4-10,12,14H,11,13H2,1-3H3,(H,26,27). The molecule has 2 heterocycles. The minimum absolute atomic E-state index is 0.0333. The van der Waals surface area contributed by atoms with Crippen molar-refractivity contribution in [1.82, 2.24) is 4.98 Å². The van der Waals surface area contributed by atoms with Crippen molar-refractivity contribution < 1.29 is 19.1 Å². The lowest BCUT2D eigenvalue weighted by atomic mass is 9.93. The number of carbonyl (C=O) groups is 1. The molecule has 6 heteroatoms. The number of aromatic nitrogens is 1. The molecule has 154 valence electrons. The molecule has 0 saturated heterocycles. The second-order valence-electron chi connectivity index (χ2n) is 8.23. The van der Waals surface area contributed by atoms with Gasteiger partial charge in [0.2, 0.25) is 0 Å². The molecule has 0 bridgehead atoms. The van der Waals surface area contributed by atoms with Gasteiger partial charge in [0.05, 0.1) is 30.2 Å². The Kier molecular flexibility index (Phi) is 5.35. The quantitative estimate of drug-likeness (QED) is 0.413. The average Bonchev–Trinajstić information content (AvgIpc) is 3.32. The molecule has 2 aliphatic rings. The molecule has 1 aromatic carbocycles. The first-order valence-electron chi connectivity index (χ1n) is 9.69. The Labute approximate surface area is 179 Å². The van der Waals surface area contributed by atoms with Gasteiger partial charge in [-0.3, -0.25) is 4.79 Å². The molecule has 30 heavy (non-hydrogen) atoms. The van der Waals surface area contributed by atoms with Crippen molar-refractivity contribution in [3.63, 3.8) is 0 Å². The lowest BCUT2D eigenvalue weighted by Gasteiger charge is -2.14. The molecule has 0 unspecified atom stereocenters. The Hall–Kier alpha value is -3.12. The number of nitrogens with zero attached hydrogens (tertiary/aromatic N) is 1. The van der Waals surface area contributed by atoms with E-state index in [-0.39, 0.29) is 18.4 Å². The van der Waals surface area contributed by atoms with Gasteiger partial charge in [0.15, 0.2) is 0 Å². The van der Waals surface area contributed by atoms with Crippen molar-refractivity contribution in [1.29, 1.82) is 0 Å². The molecule has 0 spiro atoms. The van der Waals surface area contributed by atoms with E-state index < -0.39 is 5.97 Å². The second kappa shape index (κ2) is 7.95. The van der Waals surface area contributed by atoms with E-state index in [1.807, 2.05) is 36.4 Å². The lowest BCUT2D eigenvalue weighted by Crippen LogP contribution is -2.11. The smallest absolute Gasteiger partial charge is 0.307 e. The molecular formula is C24H23NO4S. The fourth-order valence-corrected chi connectivity index (χ4v) is 4.36. The monoisotopic (exact) mass is 421 g/mol. The van der Waals surface area contributed by atoms with Crippen LogP contribution in [0.1, 0.15) is 37.6 Å². The second-order valence-corrected chi connectivity index (χ2v) is 9.09. The molecule has 4 rings (SSSR count). The molecule has 1 aliphatic heterocycles. The van der Waals surface area contributed by atoms with Crippen LogP contribution in [0.2, 0.25) is 0 Å². The fourth-order valence-electron chi connectivity index (χ4n) is 3.30. The van der Waals surface area contributed by atoms with Crippen molar-refractivity contribution in [2.24, 2.45) is 0 Å². The van der Waals surface area contributed by atoms with Crippen LogP contribution in [0.15, 0.2) is 58.7 Å². The number of fused-ring (bicyclic) bond motifs is 1. The van der Waals surface area contributed by atoms with E-state index in [1.54, 1.807) is 23.9 Å². The summed E-state index contributed by atoms with van der Waals surface area (Å²) in [5.41, 5.74) is 5.41. The molecule has 1 N–H and O–H groups in total. The molecule has 0 saturated carbocycles. The Morgan fingerprint density at radius 1 is 1.17 bits per heavy atom. The Morgan fingerprint density at radius 2 is 1.93 bits per heavy atom. The van der Waals surface area contributed by atoms with Crippen LogP contribution < -0.4 is 4.74 Å². The summed E-state index contributed by atoms with van der Waals surface area (Å²) in [6, 6.07) is 11.4. The van der Waals surface area contributed by atoms with Crippen molar-refractivity contribution in [3.05, 3.63) is 71.1 Å². The van der Waals surface area contributed by atoms with E-state index in [9.17, 15) is 9.90 Å². The number of aliphatic carboxylic acids is 1.